The minimum atomic E-state index is -0.322. The van der Waals surface area contributed by atoms with Crippen LogP contribution >= 0.6 is 22.9 Å². The van der Waals surface area contributed by atoms with Crippen molar-refractivity contribution in [1.29, 1.82) is 0 Å². The van der Waals surface area contributed by atoms with Crippen LogP contribution in [-0.2, 0) is 6.54 Å². The minimum absolute atomic E-state index is 0.0147. The van der Waals surface area contributed by atoms with Crippen molar-refractivity contribution in [3.63, 3.8) is 0 Å². The first-order valence-corrected chi connectivity index (χ1v) is 8.22. The summed E-state index contributed by atoms with van der Waals surface area (Å²) in [6, 6.07) is 4.59. The van der Waals surface area contributed by atoms with Gasteiger partial charge in [0.25, 0.3) is 5.91 Å². The maximum absolute atomic E-state index is 12.3. The molecule has 0 atom stereocenters. The van der Waals surface area contributed by atoms with E-state index >= 15 is 0 Å². The average molecular weight is 361 g/mol. The van der Waals surface area contributed by atoms with E-state index in [0.717, 1.165) is 5.69 Å². The van der Waals surface area contributed by atoms with E-state index in [1.807, 2.05) is 6.92 Å². The van der Waals surface area contributed by atoms with Crippen LogP contribution in [0.1, 0.15) is 21.7 Å². The molecule has 2 heterocycles. The molecule has 8 heteroatoms. The first-order valence-electron chi connectivity index (χ1n) is 7.03. The van der Waals surface area contributed by atoms with Crippen LogP contribution in [0.2, 0.25) is 4.34 Å². The van der Waals surface area contributed by atoms with Crippen molar-refractivity contribution >= 4 is 28.8 Å². The Bertz CT molecular complexity index is 880. The number of aryl methyl sites for hydroxylation is 1. The summed E-state index contributed by atoms with van der Waals surface area (Å²) >= 11 is 7.16. The van der Waals surface area contributed by atoms with E-state index in [1.54, 1.807) is 18.5 Å². The number of hydrogen-bond donors (Lipinski definition) is 2. The number of carbonyl (C=O) groups excluding carboxylic acids is 1. The molecule has 0 bridgehead atoms. The zero-order valence-electron chi connectivity index (χ0n) is 12.7. The molecule has 3 aromatic rings. The number of halogens is 1. The second-order valence-electron chi connectivity index (χ2n) is 5.07. The van der Waals surface area contributed by atoms with Crippen LogP contribution in [0.15, 0.2) is 36.8 Å². The molecule has 3 rings (SSSR count). The van der Waals surface area contributed by atoms with Crippen molar-refractivity contribution in [3.05, 3.63) is 58.1 Å². The number of benzene rings is 1. The third-order valence-corrected chi connectivity index (χ3v) is 4.33. The number of aromatic nitrogens is 3. The third-order valence-electron chi connectivity index (χ3n) is 3.17. The number of phenols is 1. The summed E-state index contributed by atoms with van der Waals surface area (Å²) in [4.78, 5) is 24.8. The molecule has 0 aliphatic rings. The maximum Gasteiger partial charge on any atom is 0.251 e. The van der Waals surface area contributed by atoms with Crippen LogP contribution in [0, 0.1) is 6.92 Å². The number of nitrogens with zero attached hydrogens (tertiary/aromatic N) is 3. The Morgan fingerprint density at radius 2 is 2.04 bits per heavy atom. The van der Waals surface area contributed by atoms with E-state index in [2.05, 4.69) is 20.3 Å². The van der Waals surface area contributed by atoms with Crippen molar-refractivity contribution in [1.82, 2.24) is 20.3 Å². The lowest BCUT2D eigenvalue weighted by atomic mass is 10.1. The molecule has 122 valence electrons. The molecule has 0 spiro atoms. The topological polar surface area (TPSA) is 88.0 Å². The first-order chi connectivity index (χ1) is 11.5. The van der Waals surface area contributed by atoms with Crippen LogP contribution in [0.25, 0.3) is 10.6 Å². The summed E-state index contributed by atoms with van der Waals surface area (Å²) in [5, 5.41) is 13.3. The zero-order chi connectivity index (χ0) is 17.1. The van der Waals surface area contributed by atoms with Gasteiger partial charge >= 0.3 is 0 Å². The van der Waals surface area contributed by atoms with Gasteiger partial charge in [-0.15, -0.1) is 11.3 Å². The van der Waals surface area contributed by atoms with Crippen LogP contribution in [0.5, 0.6) is 5.75 Å². The van der Waals surface area contributed by atoms with Gasteiger partial charge in [-0.3, -0.25) is 14.8 Å². The summed E-state index contributed by atoms with van der Waals surface area (Å²) in [6.07, 6.45) is 4.78. The summed E-state index contributed by atoms with van der Waals surface area (Å²) < 4.78 is 0.539. The second kappa shape index (κ2) is 6.94. The molecule has 6 nitrogen and oxygen atoms in total. The van der Waals surface area contributed by atoms with Gasteiger partial charge in [0.2, 0.25) is 0 Å². The van der Waals surface area contributed by atoms with E-state index in [4.69, 9.17) is 11.6 Å². The van der Waals surface area contributed by atoms with Crippen LogP contribution in [-0.4, -0.2) is 26.0 Å². The fourth-order valence-electron chi connectivity index (χ4n) is 2.04. The van der Waals surface area contributed by atoms with E-state index in [-0.39, 0.29) is 18.2 Å². The number of thiazole rings is 1. The maximum atomic E-state index is 12.3. The highest BCUT2D eigenvalue weighted by Crippen LogP contribution is 2.31. The Morgan fingerprint density at radius 1 is 1.21 bits per heavy atom. The lowest BCUT2D eigenvalue weighted by Gasteiger charge is -2.07. The Labute approximate surface area is 147 Å². The minimum Gasteiger partial charge on any atom is -0.508 e. The van der Waals surface area contributed by atoms with Crippen molar-refractivity contribution in [2.75, 3.05) is 0 Å². The van der Waals surface area contributed by atoms with E-state index in [0.29, 0.717) is 26.2 Å². The molecule has 1 aromatic carbocycles. The number of aromatic hydroxyl groups is 1. The van der Waals surface area contributed by atoms with Gasteiger partial charge in [0.15, 0.2) is 0 Å². The lowest BCUT2D eigenvalue weighted by molar-refractivity contribution is 0.0950. The van der Waals surface area contributed by atoms with Gasteiger partial charge in [0.05, 0.1) is 30.3 Å². The number of amides is 1. The Hall–Kier alpha value is -2.51. The molecular formula is C16H13ClN4O2S. The van der Waals surface area contributed by atoms with Crippen molar-refractivity contribution in [3.8, 4) is 16.3 Å². The highest BCUT2D eigenvalue weighted by atomic mass is 35.5. The normalized spacial score (nSPS) is 10.6. The molecule has 0 saturated carbocycles. The highest BCUT2D eigenvalue weighted by molar-refractivity contribution is 7.18. The van der Waals surface area contributed by atoms with E-state index in [9.17, 15) is 9.90 Å². The number of phenolic OH excluding ortho intramolecular Hbond substituents is 1. The molecular weight excluding hydrogens is 348 g/mol. The smallest absolute Gasteiger partial charge is 0.251 e. The molecule has 24 heavy (non-hydrogen) atoms. The standard InChI is InChI=1S/C16H13ClN4O2S/c1-9-5-19-12(6-18-9)7-20-15(23)10-2-11(4-13(22)3-10)16-21-8-14(17)24-16/h2-6,8,22H,7H2,1H3,(H,20,23). The van der Waals surface area contributed by atoms with Crippen molar-refractivity contribution in [2.24, 2.45) is 0 Å². The molecule has 0 aliphatic carbocycles. The van der Waals surface area contributed by atoms with Crippen LogP contribution in [0.3, 0.4) is 0 Å². The molecule has 1 amide bonds. The Balaban J connectivity index is 1.77. The van der Waals surface area contributed by atoms with E-state index in [1.165, 1.54) is 29.7 Å². The summed E-state index contributed by atoms with van der Waals surface area (Å²) in [7, 11) is 0. The second-order valence-corrected chi connectivity index (χ2v) is 6.73. The monoisotopic (exact) mass is 360 g/mol. The van der Waals surface area contributed by atoms with Crippen molar-refractivity contribution < 1.29 is 9.90 Å². The van der Waals surface area contributed by atoms with Gasteiger partial charge < -0.3 is 10.4 Å². The number of nitrogens with one attached hydrogen (secondary N) is 1. The van der Waals surface area contributed by atoms with Gasteiger partial charge in [-0.05, 0) is 25.1 Å². The number of hydrogen-bond acceptors (Lipinski definition) is 6. The Kier molecular flexibility index (Phi) is 4.73. The molecule has 2 N–H and O–H groups in total. The molecule has 0 fully saturated rings. The van der Waals surface area contributed by atoms with Gasteiger partial charge in [-0.1, -0.05) is 11.6 Å². The highest BCUT2D eigenvalue weighted by Gasteiger charge is 2.12. The predicted molar refractivity (Wildman–Crippen MR) is 92.2 cm³/mol. The fourth-order valence-corrected chi connectivity index (χ4v) is 2.94. The number of rotatable bonds is 4. The zero-order valence-corrected chi connectivity index (χ0v) is 14.2. The molecule has 0 aliphatic heterocycles. The van der Waals surface area contributed by atoms with Crippen LogP contribution < -0.4 is 5.32 Å². The van der Waals surface area contributed by atoms with Gasteiger partial charge in [-0.2, -0.15) is 0 Å². The summed E-state index contributed by atoms with van der Waals surface area (Å²) in [5.74, 6) is -0.337. The number of carbonyl (C=O) groups is 1. The third kappa shape index (κ3) is 3.87. The molecule has 0 saturated heterocycles. The summed E-state index contributed by atoms with van der Waals surface area (Å²) in [5.41, 5.74) is 2.43. The van der Waals surface area contributed by atoms with Gasteiger partial charge in [0.1, 0.15) is 15.1 Å². The first kappa shape index (κ1) is 16.4. The quantitative estimate of drug-likeness (QED) is 0.746. The van der Waals surface area contributed by atoms with Gasteiger partial charge in [0, 0.05) is 17.3 Å². The fraction of sp³-hybridized carbons (Fsp3) is 0.125. The van der Waals surface area contributed by atoms with Gasteiger partial charge in [-0.25, -0.2) is 4.98 Å². The molecule has 0 radical (unpaired) electrons. The van der Waals surface area contributed by atoms with Crippen molar-refractivity contribution in [2.45, 2.75) is 13.5 Å². The van der Waals surface area contributed by atoms with Crippen LogP contribution in [0.4, 0.5) is 0 Å². The summed E-state index contributed by atoms with van der Waals surface area (Å²) in [6.45, 7) is 2.09. The average Bonchev–Trinajstić information content (AvgIpc) is 3.00. The molecule has 0 unspecified atom stereocenters. The predicted octanol–water partition coefficient (Wildman–Crippen LogP) is 3.20. The Morgan fingerprint density at radius 3 is 2.71 bits per heavy atom. The largest absolute Gasteiger partial charge is 0.508 e. The molecule has 2 aromatic heterocycles. The SMILES string of the molecule is Cc1cnc(CNC(=O)c2cc(O)cc(-c3ncc(Cl)s3)c2)cn1. The van der Waals surface area contributed by atoms with E-state index < -0.39 is 0 Å². The lowest BCUT2D eigenvalue weighted by Crippen LogP contribution is -2.23.